The highest BCUT2D eigenvalue weighted by molar-refractivity contribution is 14.1. The zero-order valence-corrected chi connectivity index (χ0v) is 12.9. The predicted octanol–water partition coefficient (Wildman–Crippen LogP) is 3.16. The zero-order valence-electron chi connectivity index (χ0n) is 10.8. The van der Waals surface area contributed by atoms with Crippen LogP contribution in [0.3, 0.4) is 0 Å². The van der Waals surface area contributed by atoms with Crippen LogP contribution < -0.4 is 10.5 Å². The summed E-state index contributed by atoms with van der Waals surface area (Å²) in [6, 6.07) is 15.8. The Labute approximate surface area is 131 Å². The number of nitrogens with zero attached hydrogens (tertiary/aromatic N) is 1. The Bertz CT molecular complexity index is 580. The first-order valence-corrected chi connectivity index (χ1v) is 7.18. The fourth-order valence-corrected chi connectivity index (χ4v) is 2.05. The summed E-state index contributed by atoms with van der Waals surface area (Å²) in [4.78, 5) is 0. The van der Waals surface area contributed by atoms with E-state index in [1.807, 2.05) is 24.3 Å². The summed E-state index contributed by atoms with van der Waals surface area (Å²) in [5, 5.41) is 11.5. The fourth-order valence-electron chi connectivity index (χ4n) is 1.70. The highest BCUT2D eigenvalue weighted by atomic mass is 127. The summed E-state index contributed by atoms with van der Waals surface area (Å²) in [7, 11) is 0. The molecule has 2 aromatic rings. The van der Waals surface area contributed by atoms with E-state index in [1.165, 1.54) is 3.57 Å². The van der Waals surface area contributed by atoms with E-state index in [0.717, 1.165) is 16.9 Å². The Morgan fingerprint density at radius 1 is 1.05 bits per heavy atom. The summed E-state index contributed by atoms with van der Waals surface area (Å²) in [5.41, 5.74) is 7.56. The van der Waals surface area contributed by atoms with Crippen molar-refractivity contribution in [3.63, 3.8) is 0 Å². The number of oxime groups is 1. The summed E-state index contributed by atoms with van der Waals surface area (Å²) in [6.45, 7) is 0.538. The number of nitrogens with two attached hydrogens (primary N) is 1. The second-order valence-corrected chi connectivity index (χ2v) is 5.57. The lowest BCUT2D eigenvalue weighted by atomic mass is 10.1. The van der Waals surface area contributed by atoms with Crippen LogP contribution in [0.1, 0.15) is 11.1 Å². The van der Waals surface area contributed by atoms with Gasteiger partial charge in [-0.05, 0) is 58.0 Å². The Balaban J connectivity index is 1.92. The largest absolute Gasteiger partial charge is 0.489 e. The van der Waals surface area contributed by atoms with Crippen molar-refractivity contribution >= 4 is 28.4 Å². The molecule has 0 atom stereocenters. The van der Waals surface area contributed by atoms with Crippen molar-refractivity contribution in [3.05, 3.63) is 63.2 Å². The lowest BCUT2D eigenvalue weighted by Gasteiger charge is -2.07. The van der Waals surface area contributed by atoms with Crippen molar-refractivity contribution in [2.45, 2.75) is 13.0 Å². The molecule has 0 aromatic heterocycles. The molecule has 104 valence electrons. The minimum atomic E-state index is 0.192. The first-order chi connectivity index (χ1) is 9.67. The van der Waals surface area contributed by atoms with Crippen LogP contribution in [0.5, 0.6) is 5.75 Å². The van der Waals surface area contributed by atoms with Gasteiger partial charge in [0, 0.05) is 9.99 Å². The van der Waals surface area contributed by atoms with Crippen LogP contribution in [-0.4, -0.2) is 11.0 Å². The van der Waals surface area contributed by atoms with E-state index in [9.17, 15) is 0 Å². The van der Waals surface area contributed by atoms with E-state index in [-0.39, 0.29) is 5.84 Å². The normalized spacial score (nSPS) is 11.3. The van der Waals surface area contributed by atoms with Gasteiger partial charge in [-0.3, -0.25) is 0 Å². The highest BCUT2D eigenvalue weighted by Gasteiger charge is 2.00. The second-order valence-electron chi connectivity index (χ2n) is 4.33. The van der Waals surface area contributed by atoms with Crippen molar-refractivity contribution in [2.75, 3.05) is 0 Å². The lowest BCUT2D eigenvalue weighted by Crippen LogP contribution is -2.14. The van der Waals surface area contributed by atoms with Crippen LogP contribution >= 0.6 is 22.6 Å². The van der Waals surface area contributed by atoms with Gasteiger partial charge in [0.1, 0.15) is 18.2 Å². The van der Waals surface area contributed by atoms with E-state index < -0.39 is 0 Å². The highest BCUT2D eigenvalue weighted by Crippen LogP contribution is 2.15. The lowest BCUT2D eigenvalue weighted by molar-refractivity contribution is 0.306. The molecule has 0 aliphatic rings. The van der Waals surface area contributed by atoms with Crippen molar-refractivity contribution in [3.8, 4) is 5.75 Å². The van der Waals surface area contributed by atoms with Gasteiger partial charge in [-0.2, -0.15) is 0 Å². The molecule has 3 N–H and O–H groups in total. The number of amidine groups is 1. The second kappa shape index (κ2) is 7.14. The Kier molecular flexibility index (Phi) is 5.23. The standard InChI is InChI=1S/C15H15IN2O2/c16-13-5-1-12(2-6-13)10-20-14-7-3-11(4-8-14)9-15(17)18-19/h1-8,19H,9-10H2,(H2,17,18). The smallest absolute Gasteiger partial charge is 0.143 e. The van der Waals surface area contributed by atoms with Gasteiger partial charge in [-0.1, -0.05) is 29.4 Å². The van der Waals surface area contributed by atoms with E-state index in [2.05, 4.69) is 52.0 Å². The molecule has 4 nitrogen and oxygen atoms in total. The number of halogens is 1. The molecule has 0 heterocycles. The summed E-state index contributed by atoms with van der Waals surface area (Å²) in [6.07, 6.45) is 0.425. The van der Waals surface area contributed by atoms with Crippen LogP contribution in [0.25, 0.3) is 0 Å². The third-order valence-corrected chi connectivity index (χ3v) is 3.47. The third kappa shape index (κ3) is 4.41. The van der Waals surface area contributed by atoms with Crippen LogP contribution in [-0.2, 0) is 13.0 Å². The van der Waals surface area contributed by atoms with Gasteiger partial charge in [-0.25, -0.2) is 0 Å². The molecule has 0 spiro atoms. The maximum absolute atomic E-state index is 8.52. The number of hydrogen-bond donors (Lipinski definition) is 2. The molecule has 2 aromatic carbocycles. The molecule has 0 bridgehead atoms. The molecule has 0 saturated carbocycles. The Morgan fingerprint density at radius 2 is 1.65 bits per heavy atom. The van der Waals surface area contributed by atoms with Crippen molar-refractivity contribution in [2.24, 2.45) is 10.9 Å². The first kappa shape index (κ1) is 14.6. The van der Waals surface area contributed by atoms with Gasteiger partial charge in [0.05, 0.1) is 0 Å². The molecular formula is C15H15IN2O2. The molecule has 20 heavy (non-hydrogen) atoms. The SMILES string of the molecule is NC(Cc1ccc(OCc2ccc(I)cc2)cc1)=NO. The molecule has 0 unspecified atom stereocenters. The minimum Gasteiger partial charge on any atom is -0.489 e. The predicted molar refractivity (Wildman–Crippen MR) is 87.0 cm³/mol. The topological polar surface area (TPSA) is 67.8 Å². The molecule has 0 amide bonds. The van der Waals surface area contributed by atoms with Crippen LogP contribution in [0, 0.1) is 3.57 Å². The monoisotopic (exact) mass is 382 g/mol. The van der Waals surface area contributed by atoms with Gasteiger partial charge < -0.3 is 15.7 Å². The number of hydrogen-bond acceptors (Lipinski definition) is 3. The Hall–Kier alpha value is -1.76. The van der Waals surface area contributed by atoms with Gasteiger partial charge in [-0.15, -0.1) is 0 Å². The molecule has 0 saturated heterocycles. The number of rotatable bonds is 5. The maximum Gasteiger partial charge on any atom is 0.143 e. The van der Waals surface area contributed by atoms with Gasteiger partial charge >= 0.3 is 0 Å². The average Bonchev–Trinajstić information content (AvgIpc) is 2.48. The maximum atomic E-state index is 8.52. The van der Waals surface area contributed by atoms with E-state index in [1.54, 1.807) is 0 Å². The fraction of sp³-hybridized carbons (Fsp3) is 0.133. The van der Waals surface area contributed by atoms with Crippen LogP contribution in [0.4, 0.5) is 0 Å². The average molecular weight is 382 g/mol. The van der Waals surface area contributed by atoms with Crippen molar-refractivity contribution < 1.29 is 9.94 Å². The van der Waals surface area contributed by atoms with E-state index in [4.69, 9.17) is 15.7 Å². The van der Waals surface area contributed by atoms with Gasteiger partial charge in [0.15, 0.2) is 0 Å². The molecular weight excluding hydrogens is 367 g/mol. The van der Waals surface area contributed by atoms with Crippen LogP contribution in [0.15, 0.2) is 53.7 Å². The molecule has 0 aliphatic heterocycles. The molecule has 0 fully saturated rings. The van der Waals surface area contributed by atoms with Crippen LogP contribution in [0.2, 0.25) is 0 Å². The summed E-state index contributed by atoms with van der Waals surface area (Å²) in [5.74, 6) is 0.990. The zero-order chi connectivity index (χ0) is 14.4. The van der Waals surface area contributed by atoms with Gasteiger partial charge in [0.2, 0.25) is 0 Å². The number of benzene rings is 2. The molecule has 2 rings (SSSR count). The van der Waals surface area contributed by atoms with E-state index >= 15 is 0 Å². The van der Waals surface area contributed by atoms with E-state index in [0.29, 0.717) is 13.0 Å². The van der Waals surface area contributed by atoms with Gasteiger partial charge in [0.25, 0.3) is 0 Å². The summed E-state index contributed by atoms with van der Waals surface area (Å²) < 4.78 is 6.91. The summed E-state index contributed by atoms with van der Waals surface area (Å²) >= 11 is 2.27. The first-order valence-electron chi connectivity index (χ1n) is 6.10. The minimum absolute atomic E-state index is 0.192. The third-order valence-electron chi connectivity index (χ3n) is 2.76. The number of ether oxygens (including phenoxy) is 1. The quantitative estimate of drug-likeness (QED) is 0.275. The Morgan fingerprint density at radius 3 is 2.25 bits per heavy atom. The molecule has 0 aliphatic carbocycles. The van der Waals surface area contributed by atoms with Crippen molar-refractivity contribution in [1.29, 1.82) is 0 Å². The molecule has 0 radical (unpaired) electrons. The van der Waals surface area contributed by atoms with Crippen molar-refractivity contribution in [1.82, 2.24) is 0 Å². The molecule has 5 heteroatoms.